The Balaban J connectivity index is 1.74. The molecule has 0 radical (unpaired) electrons. The van der Waals surface area contributed by atoms with Gasteiger partial charge in [0.05, 0.1) is 6.04 Å². The minimum Gasteiger partial charge on any atom is -0.354 e. The van der Waals surface area contributed by atoms with Crippen LogP contribution in [-0.2, 0) is 4.79 Å². The predicted molar refractivity (Wildman–Crippen MR) is 69.7 cm³/mol. The zero-order valence-corrected chi connectivity index (χ0v) is 10.7. The Morgan fingerprint density at radius 2 is 2.29 bits per heavy atom. The minimum atomic E-state index is 0.0304. The first-order chi connectivity index (χ1) is 8.27. The molecule has 0 aromatic heterocycles. The number of carbonyl (C=O) groups excluding carboxylic acids is 1. The van der Waals surface area contributed by atoms with E-state index in [1.54, 1.807) is 0 Å². The van der Waals surface area contributed by atoms with Crippen LogP contribution in [0.1, 0.15) is 39.0 Å². The maximum atomic E-state index is 12.1. The summed E-state index contributed by atoms with van der Waals surface area (Å²) in [7, 11) is 0. The van der Waals surface area contributed by atoms with Gasteiger partial charge >= 0.3 is 0 Å². The van der Waals surface area contributed by atoms with Crippen LogP contribution >= 0.6 is 0 Å². The second-order valence-corrected chi connectivity index (χ2v) is 5.45. The number of carbonyl (C=O) groups is 1. The van der Waals surface area contributed by atoms with E-state index in [-0.39, 0.29) is 11.9 Å². The third kappa shape index (κ3) is 3.56. The van der Waals surface area contributed by atoms with Crippen molar-refractivity contribution in [2.45, 2.75) is 45.1 Å². The summed E-state index contributed by atoms with van der Waals surface area (Å²) in [4.78, 5) is 12.1. The molecule has 2 N–H and O–H groups in total. The Morgan fingerprint density at radius 3 is 3.00 bits per heavy atom. The Kier molecular flexibility index (Phi) is 4.60. The summed E-state index contributed by atoms with van der Waals surface area (Å²) in [5, 5.41) is 6.45. The normalized spacial score (nSPS) is 33.4. The quantitative estimate of drug-likeness (QED) is 0.734. The van der Waals surface area contributed by atoms with Crippen LogP contribution in [0.5, 0.6) is 0 Å². The molecule has 3 unspecified atom stereocenters. The molecule has 0 aromatic rings. The van der Waals surface area contributed by atoms with Crippen LogP contribution < -0.4 is 10.6 Å². The zero-order valence-electron chi connectivity index (χ0n) is 10.7. The van der Waals surface area contributed by atoms with Gasteiger partial charge < -0.3 is 10.6 Å². The summed E-state index contributed by atoms with van der Waals surface area (Å²) in [5.41, 5.74) is 0. The van der Waals surface area contributed by atoms with Gasteiger partial charge in [0, 0.05) is 6.54 Å². The van der Waals surface area contributed by atoms with Crippen molar-refractivity contribution in [2.24, 2.45) is 11.8 Å². The van der Waals surface area contributed by atoms with Crippen molar-refractivity contribution in [3.8, 4) is 0 Å². The van der Waals surface area contributed by atoms with Crippen molar-refractivity contribution in [1.29, 1.82) is 0 Å². The van der Waals surface area contributed by atoms with Crippen LogP contribution in [0, 0.1) is 11.8 Å². The fourth-order valence-corrected chi connectivity index (χ4v) is 2.80. The highest BCUT2D eigenvalue weighted by atomic mass is 16.2. The lowest BCUT2D eigenvalue weighted by Crippen LogP contribution is -2.51. The summed E-state index contributed by atoms with van der Waals surface area (Å²) < 4.78 is 0. The highest BCUT2D eigenvalue weighted by molar-refractivity contribution is 5.82. The Morgan fingerprint density at radius 1 is 1.41 bits per heavy atom. The van der Waals surface area contributed by atoms with E-state index in [0.717, 1.165) is 25.9 Å². The lowest BCUT2D eigenvalue weighted by molar-refractivity contribution is -0.125. The number of rotatable bonds is 3. The van der Waals surface area contributed by atoms with Gasteiger partial charge in [-0.1, -0.05) is 19.1 Å². The molecule has 2 rings (SSSR count). The highest BCUT2D eigenvalue weighted by Gasteiger charge is 2.27. The molecule has 0 aromatic carbocycles. The van der Waals surface area contributed by atoms with Crippen LogP contribution in [0.2, 0.25) is 0 Å². The van der Waals surface area contributed by atoms with Crippen LogP contribution in [0.15, 0.2) is 12.2 Å². The summed E-state index contributed by atoms with van der Waals surface area (Å²) >= 11 is 0. The van der Waals surface area contributed by atoms with Gasteiger partial charge in [-0.2, -0.15) is 0 Å². The minimum absolute atomic E-state index is 0.0304. The lowest BCUT2D eigenvalue weighted by Gasteiger charge is -2.29. The molecule has 1 saturated heterocycles. The Bertz CT molecular complexity index is 288. The van der Waals surface area contributed by atoms with Gasteiger partial charge in [0.2, 0.25) is 5.91 Å². The standard InChI is InChI=1S/C14H24N2O/c1-11-6-5-9-15-13(11)14(17)16-10-12-7-3-2-4-8-12/h2-3,11-13,15H,4-10H2,1H3,(H,16,17). The van der Waals surface area contributed by atoms with Gasteiger partial charge in [0.1, 0.15) is 0 Å². The van der Waals surface area contributed by atoms with Crippen LogP contribution in [0.3, 0.4) is 0 Å². The fourth-order valence-electron chi connectivity index (χ4n) is 2.80. The first-order valence-electron chi connectivity index (χ1n) is 6.93. The number of hydrogen-bond acceptors (Lipinski definition) is 2. The number of allylic oxidation sites excluding steroid dienone is 2. The topological polar surface area (TPSA) is 41.1 Å². The number of nitrogens with one attached hydrogen (secondary N) is 2. The van der Waals surface area contributed by atoms with E-state index in [1.165, 1.54) is 19.3 Å². The van der Waals surface area contributed by atoms with Gasteiger partial charge in [-0.3, -0.25) is 4.79 Å². The molecule has 2 aliphatic rings. The Labute approximate surface area is 104 Å². The van der Waals surface area contributed by atoms with Crippen LogP contribution in [0.25, 0.3) is 0 Å². The molecule has 1 aliphatic heterocycles. The fraction of sp³-hybridized carbons (Fsp3) is 0.786. The van der Waals surface area contributed by atoms with Crippen molar-refractivity contribution >= 4 is 5.91 Å². The van der Waals surface area contributed by atoms with Crippen molar-refractivity contribution in [3.63, 3.8) is 0 Å². The van der Waals surface area contributed by atoms with E-state index >= 15 is 0 Å². The molecule has 1 fully saturated rings. The highest BCUT2D eigenvalue weighted by Crippen LogP contribution is 2.18. The summed E-state index contributed by atoms with van der Waals surface area (Å²) in [6, 6.07) is 0.0304. The van der Waals surface area contributed by atoms with E-state index in [1.807, 2.05) is 0 Å². The molecule has 3 atom stereocenters. The molecule has 3 heteroatoms. The van der Waals surface area contributed by atoms with Gasteiger partial charge in [-0.15, -0.1) is 0 Å². The molecule has 0 bridgehead atoms. The van der Waals surface area contributed by atoms with Gasteiger partial charge in [-0.05, 0) is 50.5 Å². The molecular weight excluding hydrogens is 212 g/mol. The summed E-state index contributed by atoms with van der Waals surface area (Å²) in [5.74, 6) is 1.31. The van der Waals surface area contributed by atoms with Crippen molar-refractivity contribution < 1.29 is 4.79 Å². The third-order valence-corrected chi connectivity index (χ3v) is 3.99. The summed E-state index contributed by atoms with van der Waals surface area (Å²) in [6.45, 7) is 3.99. The van der Waals surface area contributed by atoms with Crippen molar-refractivity contribution in [2.75, 3.05) is 13.1 Å². The molecule has 0 saturated carbocycles. The molecule has 3 nitrogen and oxygen atoms in total. The molecule has 96 valence electrons. The second-order valence-electron chi connectivity index (χ2n) is 5.45. The SMILES string of the molecule is CC1CCCNC1C(=O)NCC1CC=CCC1. The number of amides is 1. The predicted octanol–water partition coefficient (Wildman–Crippen LogP) is 1.85. The monoisotopic (exact) mass is 236 g/mol. The number of hydrogen-bond donors (Lipinski definition) is 2. The van der Waals surface area contributed by atoms with Gasteiger partial charge in [-0.25, -0.2) is 0 Å². The zero-order chi connectivity index (χ0) is 12.1. The lowest BCUT2D eigenvalue weighted by atomic mass is 9.91. The smallest absolute Gasteiger partial charge is 0.237 e. The first-order valence-corrected chi connectivity index (χ1v) is 6.93. The molecule has 17 heavy (non-hydrogen) atoms. The van der Waals surface area contributed by atoms with E-state index in [4.69, 9.17) is 0 Å². The molecule has 1 heterocycles. The Hall–Kier alpha value is -0.830. The van der Waals surface area contributed by atoms with Gasteiger partial charge in [0.15, 0.2) is 0 Å². The van der Waals surface area contributed by atoms with Crippen LogP contribution in [-0.4, -0.2) is 25.0 Å². The van der Waals surface area contributed by atoms with E-state index in [2.05, 4.69) is 29.7 Å². The second kappa shape index (κ2) is 6.20. The van der Waals surface area contributed by atoms with Gasteiger partial charge in [0.25, 0.3) is 0 Å². The van der Waals surface area contributed by atoms with E-state index < -0.39 is 0 Å². The average molecular weight is 236 g/mol. The van der Waals surface area contributed by atoms with Crippen molar-refractivity contribution in [3.05, 3.63) is 12.2 Å². The first kappa shape index (κ1) is 12.6. The van der Waals surface area contributed by atoms with Crippen molar-refractivity contribution in [1.82, 2.24) is 10.6 Å². The maximum absolute atomic E-state index is 12.1. The maximum Gasteiger partial charge on any atom is 0.237 e. The molecule has 1 amide bonds. The number of piperidine rings is 1. The average Bonchev–Trinajstić information content (AvgIpc) is 2.38. The molecule has 0 spiro atoms. The third-order valence-electron chi connectivity index (χ3n) is 3.99. The van der Waals surface area contributed by atoms with E-state index in [9.17, 15) is 4.79 Å². The van der Waals surface area contributed by atoms with Crippen LogP contribution in [0.4, 0.5) is 0 Å². The summed E-state index contributed by atoms with van der Waals surface area (Å²) in [6.07, 6.45) is 10.3. The molecule has 1 aliphatic carbocycles. The largest absolute Gasteiger partial charge is 0.354 e. The molecular formula is C14H24N2O. The van der Waals surface area contributed by atoms with E-state index in [0.29, 0.717) is 11.8 Å².